The molecular weight excluding hydrogens is 244 g/mol. The topological polar surface area (TPSA) is 82.2 Å². The first-order chi connectivity index (χ1) is 8.91. The summed E-state index contributed by atoms with van der Waals surface area (Å²) in [5, 5.41) is 12.8. The number of hydrogen-bond donors (Lipinski definition) is 3. The molecule has 0 radical (unpaired) electrons. The van der Waals surface area contributed by atoms with Crippen LogP contribution in [-0.2, 0) is 0 Å². The van der Waals surface area contributed by atoms with Gasteiger partial charge in [0.05, 0.1) is 5.60 Å². The van der Waals surface area contributed by atoms with E-state index in [-0.39, 0.29) is 17.7 Å². The monoisotopic (exact) mass is 264 g/mol. The maximum absolute atomic E-state index is 12.1. The molecule has 19 heavy (non-hydrogen) atoms. The molecular formula is C14H20N2O3. The van der Waals surface area contributed by atoms with Crippen LogP contribution in [0.4, 0.5) is 0 Å². The molecule has 1 fully saturated rings. The average Bonchev–Trinajstić information content (AvgIpc) is 2.73. The van der Waals surface area contributed by atoms with Crippen molar-refractivity contribution in [3.05, 3.63) is 33.2 Å². The van der Waals surface area contributed by atoms with E-state index < -0.39 is 11.5 Å². The van der Waals surface area contributed by atoms with Crippen molar-refractivity contribution in [1.82, 2.24) is 10.3 Å². The smallest absolute Gasteiger partial charge is 0.261 e. The normalized spacial score (nSPS) is 17.4. The lowest BCUT2D eigenvalue weighted by Gasteiger charge is -2.22. The number of aryl methyl sites for hydroxylation is 2. The van der Waals surface area contributed by atoms with Gasteiger partial charge in [-0.2, -0.15) is 0 Å². The Bertz CT molecular complexity index is 542. The first kappa shape index (κ1) is 13.8. The van der Waals surface area contributed by atoms with Crippen molar-refractivity contribution in [3.63, 3.8) is 0 Å². The van der Waals surface area contributed by atoms with Crippen molar-refractivity contribution in [2.45, 2.75) is 45.1 Å². The van der Waals surface area contributed by atoms with Crippen LogP contribution in [0.15, 0.2) is 10.9 Å². The summed E-state index contributed by atoms with van der Waals surface area (Å²) < 4.78 is 0. The van der Waals surface area contributed by atoms with Gasteiger partial charge < -0.3 is 15.4 Å². The highest BCUT2D eigenvalue weighted by molar-refractivity contribution is 5.95. The van der Waals surface area contributed by atoms with Gasteiger partial charge in [-0.3, -0.25) is 9.59 Å². The Morgan fingerprint density at radius 2 is 2.05 bits per heavy atom. The molecule has 5 nitrogen and oxygen atoms in total. The summed E-state index contributed by atoms with van der Waals surface area (Å²) in [4.78, 5) is 26.5. The lowest BCUT2D eigenvalue weighted by Crippen LogP contribution is -2.42. The molecule has 104 valence electrons. The van der Waals surface area contributed by atoms with E-state index >= 15 is 0 Å². The molecule has 1 aliphatic rings. The summed E-state index contributed by atoms with van der Waals surface area (Å²) in [6, 6.07) is 1.76. The van der Waals surface area contributed by atoms with E-state index in [1.807, 2.05) is 0 Å². The number of carbonyl (C=O) groups is 1. The second-order valence-electron chi connectivity index (χ2n) is 5.45. The molecule has 1 amide bonds. The number of aliphatic hydroxyl groups is 1. The van der Waals surface area contributed by atoms with Gasteiger partial charge in [-0.25, -0.2) is 0 Å². The van der Waals surface area contributed by atoms with Crippen molar-refractivity contribution in [3.8, 4) is 0 Å². The van der Waals surface area contributed by atoms with Crippen molar-refractivity contribution >= 4 is 5.91 Å². The van der Waals surface area contributed by atoms with Crippen LogP contribution >= 0.6 is 0 Å². The maximum Gasteiger partial charge on any atom is 0.261 e. The van der Waals surface area contributed by atoms with E-state index in [2.05, 4.69) is 10.3 Å². The van der Waals surface area contributed by atoms with Gasteiger partial charge in [0.25, 0.3) is 11.5 Å². The SMILES string of the molecule is Cc1cc(C)c(C(=O)NCC2(O)CCCC2)c(=O)[nH]1. The van der Waals surface area contributed by atoms with Crippen LogP contribution in [0.25, 0.3) is 0 Å². The summed E-state index contributed by atoms with van der Waals surface area (Å²) in [6.45, 7) is 3.72. The zero-order chi connectivity index (χ0) is 14.0. The number of amides is 1. The van der Waals surface area contributed by atoms with Crippen LogP contribution < -0.4 is 10.9 Å². The highest BCUT2D eigenvalue weighted by Crippen LogP contribution is 2.28. The Kier molecular flexibility index (Phi) is 3.75. The summed E-state index contributed by atoms with van der Waals surface area (Å²) in [7, 11) is 0. The minimum atomic E-state index is -0.805. The molecule has 5 heteroatoms. The third kappa shape index (κ3) is 3.04. The summed E-state index contributed by atoms with van der Waals surface area (Å²) in [6.07, 6.45) is 3.38. The van der Waals surface area contributed by atoms with Crippen LogP contribution in [0.2, 0.25) is 0 Å². The van der Waals surface area contributed by atoms with E-state index in [9.17, 15) is 14.7 Å². The number of carbonyl (C=O) groups excluding carboxylic acids is 1. The van der Waals surface area contributed by atoms with Crippen molar-refractivity contribution in [1.29, 1.82) is 0 Å². The van der Waals surface area contributed by atoms with Gasteiger partial charge in [-0.1, -0.05) is 12.8 Å². The molecule has 0 aliphatic heterocycles. The van der Waals surface area contributed by atoms with Gasteiger partial charge in [-0.15, -0.1) is 0 Å². The van der Waals surface area contributed by atoms with E-state index in [1.165, 1.54) is 0 Å². The number of rotatable bonds is 3. The third-order valence-corrected chi connectivity index (χ3v) is 3.70. The predicted octanol–water partition coefficient (Wildman–Crippen LogP) is 1.03. The molecule has 1 aromatic heterocycles. The Hall–Kier alpha value is -1.62. The molecule has 0 saturated heterocycles. The van der Waals surface area contributed by atoms with Crippen LogP contribution in [0.3, 0.4) is 0 Å². The van der Waals surface area contributed by atoms with E-state index in [1.54, 1.807) is 19.9 Å². The van der Waals surface area contributed by atoms with E-state index in [4.69, 9.17) is 0 Å². The zero-order valence-corrected chi connectivity index (χ0v) is 11.4. The fourth-order valence-corrected chi connectivity index (χ4v) is 2.68. The molecule has 0 bridgehead atoms. The molecule has 1 aromatic rings. The second kappa shape index (κ2) is 5.17. The summed E-state index contributed by atoms with van der Waals surface area (Å²) >= 11 is 0. The molecule has 2 rings (SSSR count). The number of aromatic amines is 1. The van der Waals surface area contributed by atoms with Crippen LogP contribution in [0.5, 0.6) is 0 Å². The first-order valence-electron chi connectivity index (χ1n) is 6.62. The Morgan fingerprint density at radius 3 is 2.63 bits per heavy atom. The minimum absolute atomic E-state index is 0.132. The number of aromatic nitrogens is 1. The lowest BCUT2D eigenvalue weighted by molar-refractivity contribution is 0.0449. The Balaban J connectivity index is 2.10. The van der Waals surface area contributed by atoms with E-state index in [0.717, 1.165) is 18.5 Å². The highest BCUT2D eigenvalue weighted by Gasteiger charge is 2.31. The molecule has 1 heterocycles. The van der Waals surface area contributed by atoms with Gasteiger partial charge in [-0.05, 0) is 38.3 Å². The molecule has 0 atom stereocenters. The standard InChI is InChI=1S/C14H20N2O3/c1-9-7-10(2)16-13(18)11(9)12(17)15-8-14(19)5-3-4-6-14/h7,19H,3-6,8H2,1-2H3,(H,15,17)(H,16,18). The number of hydrogen-bond acceptors (Lipinski definition) is 3. The third-order valence-electron chi connectivity index (χ3n) is 3.70. The summed E-state index contributed by atoms with van der Waals surface area (Å²) in [5.74, 6) is -0.418. The fraction of sp³-hybridized carbons (Fsp3) is 0.571. The number of nitrogens with one attached hydrogen (secondary N) is 2. The Labute approximate surface area is 112 Å². The van der Waals surface area contributed by atoms with Gasteiger partial charge in [0, 0.05) is 12.2 Å². The molecule has 3 N–H and O–H groups in total. The van der Waals surface area contributed by atoms with Crippen molar-refractivity contribution in [2.24, 2.45) is 0 Å². The van der Waals surface area contributed by atoms with Crippen molar-refractivity contribution < 1.29 is 9.90 Å². The number of H-pyrrole nitrogens is 1. The summed E-state index contributed by atoms with van der Waals surface area (Å²) in [5.41, 5.74) is 0.326. The largest absolute Gasteiger partial charge is 0.388 e. The molecule has 1 aliphatic carbocycles. The molecule has 0 spiro atoms. The van der Waals surface area contributed by atoms with Gasteiger partial charge in [0.15, 0.2) is 0 Å². The number of pyridine rings is 1. The van der Waals surface area contributed by atoms with Crippen LogP contribution in [0.1, 0.15) is 47.3 Å². The van der Waals surface area contributed by atoms with E-state index in [0.29, 0.717) is 18.4 Å². The Morgan fingerprint density at radius 1 is 1.42 bits per heavy atom. The first-order valence-corrected chi connectivity index (χ1v) is 6.62. The van der Waals surface area contributed by atoms with Gasteiger partial charge in [0.2, 0.25) is 0 Å². The lowest BCUT2D eigenvalue weighted by atomic mass is 10.0. The van der Waals surface area contributed by atoms with Gasteiger partial charge >= 0.3 is 0 Å². The van der Waals surface area contributed by atoms with Crippen LogP contribution in [0, 0.1) is 13.8 Å². The van der Waals surface area contributed by atoms with Crippen molar-refractivity contribution in [2.75, 3.05) is 6.54 Å². The fourth-order valence-electron chi connectivity index (χ4n) is 2.68. The van der Waals surface area contributed by atoms with Crippen LogP contribution in [-0.4, -0.2) is 28.1 Å². The average molecular weight is 264 g/mol. The second-order valence-corrected chi connectivity index (χ2v) is 5.45. The molecule has 0 unspecified atom stereocenters. The highest BCUT2D eigenvalue weighted by atomic mass is 16.3. The zero-order valence-electron chi connectivity index (χ0n) is 11.4. The maximum atomic E-state index is 12.1. The molecule has 0 aromatic carbocycles. The quantitative estimate of drug-likeness (QED) is 0.762. The minimum Gasteiger partial charge on any atom is -0.388 e. The van der Waals surface area contributed by atoms with Gasteiger partial charge in [0.1, 0.15) is 5.56 Å². The predicted molar refractivity (Wildman–Crippen MR) is 72.3 cm³/mol. The molecule has 1 saturated carbocycles.